The molecule has 0 aromatic heterocycles. The third kappa shape index (κ3) is 4.04. The molecule has 1 aliphatic rings. The Balaban J connectivity index is 3.13. The summed E-state index contributed by atoms with van der Waals surface area (Å²) in [6.07, 6.45) is 3.10. The van der Waals surface area contributed by atoms with Gasteiger partial charge >= 0.3 is 5.97 Å². The third-order valence-corrected chi connectivity index (χ3v) is 5.20. The van der Waals surface area contributed by atoms with Crippen LogP contribution in [0.15, 0.2) is 11.6 Å². The predicted octanol–water partition coefficient (Wildman–Crippen LogP) is 0.715. The summed E-state index contributed by atoms with van der Waals surface area (Å²) in [6.45, 7) is 3.88. The van der Waals surface area contributed by atoms with E-state index in [0.29, 0.717) is 0 Å². The zero-order chi connectivity index (χ0) is 15.5. The molecule has 0 saturated carbocycles. The fourth-order valence-electron chi connectivity index (χ4n) is 2.51. The molecule has 20 heavy (non-hydrogen) atoms. The number of nitrogens with two attached hydrogens (primary N) is 1. The van der Waals surface area contributed by atoms with Gasteiger partial charge in [0, 0.05) is 17.9 Å². The lowest BCUT2D eigenvalue weighted by molar-refractivity contribution is -0.133. The highest BCUT2D eigenvalue weighted by Crippen LogP contribution is 2.27. The lowest BCUT2D eigenvalue weighted by Gasteiger charge is -2.34. The van der Waals surface area contributed by atoms with Crippen LogP contribution in [0.5, 0.6) is 0 Å². The van der Waals surface area contributed by atoms with Crippen molar-refractivity contribution in [1.29, 1.82) is 0 Å². The van der Waals surface area contributed by atoms with Gasteiger partial charge in [-0.1, -0.05) is 13.8 Å². The third-order valence-electron chi connectivity index (χ3n) is 3.60. The number of rotatable bonds is 6. The maximum atomic E-state index is 11.9. The smallest absolute Gasteiger partial charge is 0.331 e. The summed E-state index contributed by atoms with van der Waals surface area (Å²) >= 11 is 0. The molecule has 0 heterocycles. The molecule has 3 atom stereocenters. The fraction of sp³-hybridized carbons (Fsp3) is 0.769. The molecule has 0 bridgehead atoms. The van der Waals surface area contributed by atoms with Gasteiger partial charge in [-0.2, -0.15) is 0 Å². The molecule has 6 nitrogen and oxygen atoms in total. The fourth-order valence-corrected chi connectivity index (χ4v) is 3.88. The molecule has 1 aliphatic carbocycles. The van der Waals surface area contributed by atoms with Crippen LogP contribution in [0.25, 0.3) is 0 Å². The number of ether oxygens (including phenoxy) is 1. The summed E-state index contributed by atoms with van der Waals surface area (Å²) in [4.78, 5) is 11.1. The first-order valence-corrected chi connectivity index (χ1v) is 8.70. The summed E-state index contributed by atoms with van der Waals surface area (Å²) in [5.74, 6) is -1.08. The van der Waals surface area contributed by atoms with Gasteiger partial charge in [0.15, 0.2) is 9.84 Å². The van der Waals surface area contributed by atoms with Crippen LogP contribution in [0.3, 0.4) is 0 Å². The van der Waals surface area contributed by atoms with E-state index in [2.05, 4.69) is 0 Å². The molecule has 0 aromatic rings. The summed E-state index contributed by atoms with van der Waals surface area (Å²) in [5, 5.41) is 8.19. The van der Waals surface area contributed by atoms with Crippen LogP contribution < -0.4 is 5.73 Å². The SMILES string of the molecule is CCC(CC)O[C@@H]1C=C(C(=O)O)C[C@@H](N)[C@H]1S(C)(=O)=O. The van der Waals surface area contributed by atoms with Crippen molar-refractivity contribution in [2.75, 3.05) is 6.26 Å². The normalized spacial score (nSPS) is 27.4. The van der Waals surface area contributed by atoms with Gasteiger partial charge in [0.25, 0.3) is 0 Å². The molecule has 3 N–H and O–H groups in total. The molecular formula is C13H23NO5S. The first kappa shape index (κ1) is 17.1. The number of hydrogen-bond acceptors (Lipinski definition) is 5. The number of hydrogen-bond donors (Lipinski definition) is 2. The average molecular weight is 305 g/mol. The molecule has 0 aromatic carbocycles. The van der Waals surface area contributed by atoms with Gasteiger partial charge in [0.05, 0.1) is 12.2 Å². The van der Waals surface area contributed by atoms with Crippen LogP contribution in [0, 0.1) is 0 Å². The standard InChI is InChI=1S/C13H23NO5S/c1-4-9(5-2)19-11-7-8(13(15)16)6-10(14)12(11)20(3,17)18/h7,9-12H,4-6,14H2,1-3H3,(H,15,16)/t10-,11-,12-/m1/s1. The van der Waals surface area contributed by atoms with Crippen molar-refractivity contribution in [3.8, 4) is 0 Å². The largest absolute Gasteiger partial charge is 0.478 e. The Bertz CT molecular complexity index is 481. The summed E-state index contributed by atoms with van der Waals surface area (Å²) < 4.78 is 29.6. The Morgan fingerprint density at radius 2 is 2.05 bits per heavy atom. The van der Waals surface area contributed by atoms with Gasteiger partial charge in [-0.05, 0) is 25.3 Å². The van der Waals surface area contributed by atoms with Crippen LogP contribution in [0.1, 0.15) is 33.1 Å². The molecule has 0 fully saturated rings. The number of aliphatic carboxylic acids is 1. The summed E-state index contributed by atoms with van der Waals surface area (Å²) in [7, 11) is -3.42. The molecule has 0 unspecified atom stereocenters. The van der Waals surface area contributed by atoms with E-state index >= 15 is 0 Å². The Morgan fingerprint density at radius 3 is 2.45 bits per heavy atom. The number of carboxylic acid groups (broad SMARTS) is 1. The predicted molar refractivity (Wildman–Crippen MR) is 76.2 cm³/mol. The lowest BCUT2D eigenvalue weighted by atomic mass is 9.92. The number of sulfone groups is 1. The van der Waals surface area contributed by atoms with Crippen LogP contribution in [-0.2, 0) is 19.4 Å². The van der Waals surface area contributed by atoms with E-state index in [9.17, 15) is 13.2 Å². The Kier molecular flexibility index (Phi) is 5.73. The molecule has 0 spiro atoms. The number of carbonyl (C=O) groups is 1. The van der Waals surface area contributed by atoms with E-state index < -0.39 is 33.2 Å². The van der Waals surface area contributed by atoms with Gasteiger partial charge < -0.3 is 15.6 Å². The quantitative estimate of drug-likeness (QED) is 0.748. The van der Waals surface area contributed by atoms with E-state index in [1.54, 1.807) is 0 Å². The Labute approximate surface area is 119 Å². The lowest BCUT2D eigenvalue weighted by Crippen LogP contribution is -2.52. The van der Waals surface area contributed by atoms with Crippen LogP contribution >= 0.6 is 0 Å². The minimum absolute atomic E-state index is 0.0375. The summed E-state index contributed by atoms with van der Waals surface area (Å²) in [5.41, 5.74) is 6.00. The maximum absolute atomic E-state index is 11.9. The van der Waals surface area contributed by atoms with E-state index in [4.69, 9.17) is 15.6 Å². The van der Waals surface area contributed by atoms with E-state index in [0.717, 1.165) is 19.1 Å². The van der Waals surface area contributed by atoms with Crippen LogP contribution in [0.4, 0.5) is 0 Å². The summed E-state index contributed by atoms with van der Waals surface area (Å²) in [6, 6.07) is -0.763. The molecule has 0 aliphatic heterocycles. The van der Waals surface area contributed by atoms with E-state index in [-0.39, 0.29) is 18.1 Å². The van der Waals surface area contributed by atoms with Crippen molar-refractivity contribution in [3.63, 3.8) is 0 Å². The molecular weight excluding hydrogens is 282 g/mol. The second kappa shape index (κ2) is 6.69. The van der Waals surface area contributed by atoms with Crippen LogP contribution in [-0.4, -0.2) is 49.2 Å². The maximum Gasteiger partial charge on any atom is 0.331 e. The van der Waals surface area contributed by atoms with Crippen molar-refractivity contribution in [2.45, 2.75) is 56.6 Å². The van der Waals surface area contributed by atoms with Crippen molar-refractivity contribution >= 4 is 15.8 Å². The number of carboxylic acids is 1. The minimum Gasteiger partial charge on any atom is -0.478 e. The molecule has 116 valence electrons. The first-order chi connectivity index (χ1) is 9.20. The zero-order valence-corrected chi connectivity index (χ0v) is 12.9. The monoisotopic (exact) mass is 305 g/mol. The van der Waals surface area contributed by atoms with Gasteiger partial charge in [-0.3, -0.25) is 0 Å². The van der Waals surface area contributed by atoms with Crippen LogP contribution in [0.2, 0.25) is 0 Å². The second-order valence-electron chi connectivity index (χ2n) is 5.20. The minimum atomic E-state index is -3.42. The molecule has 1 rings (SSSR count). The molecule has 7 heteroatoms. The molecule has 0 saturated heterocycles. The van der Waals surface area contributed by atoms with E-state index in [1.165, 1.54) is 6.08 Å². The second-order valence-corrected chi connectivity index (χ2v) is 7.40. The average Bonchev–Trinajstić information content (AvgIpc) is 2.33. The molecule has 0 amide bonds. The topological polar surface area (TPSA) is 107 Å². The van der Waals surface area contributed by atoms with Crippen molar-refractivity contribution in [2.24, 2.45) is 5.73 Å². The highest BCUT2D eigenvalue weighted by molar-refractivity contribution is 7.91. The highest BCUT2D eigenvalue weighted by atomic mass is 32.2. The van der Waals surface area contributed by atoms with Crippen molar-refractivity contribution < 1.29 is 23.1 Å². The Hall–Kier alpha value is -0.920. The zero-order valence-electron chi connectivity index (χ0n) is 12.1. The highest BCUT2D eigenvalue weighted by Gasteiger charge is 2.40. The first-order valence-electron chi connectivity index (χ1n) is 6.74. The van der Waals surface area contributed by atoms with Gasteiger partial charge in [-0.15, -0.1) is 0 Å². The van der Waals surface area contributed by atoms with E-state index in [1.807, 2.05) is 13.8 Å². The Morgan fingerprint density at radius 1 is 1.50 bits per heavy atom. The molecule has 0 radical (unpaired) electrons. The van der Waals surface area contributed by atoms with Gasteiger partial charge in [0.2, 0.25) is 0 Å². The van der Waals surface area contributed by atoms with Gasteiger partial charge in [0.1, 0.15) is 5.25 Å². The van der Waals surface area contributed by atoms with Crippen molar-refractivity contribution in [3.05, 3.63) is 11.6 Å². The van der Waals surface area contributed by atoms with Crippen molar-refractivity contribution in [1.82, 2.24) is 0 Å². The van der Waals surface area contributed by atoms with Gasteiger partial charge in [-0.25, -0.2) is 13.2 Å².